The molecule has 0 aromatic heterocycles. The first-order chi connectivity index (χ1) is 15.7. The standard InChI is InChI=1S/C27H26N2O3/c30-26(25-16-9-17-28(25)27(31)32-19-20-10-3-1-4-11-20)29-18-23(21-12-5-2-6-13-21)22-14-7-8-15-24(22)29/h1-8,10-15,23,25H,9,16-19H2/t23?,25-/m0/s1. The van der Waals surface area contributed by atoms with Crippen molar-refractivity contribution in [2.24, 2.45) is 0 Å². The molecule has 0 spiro atoms. The molecule has 0 radical (unpaired) electrons. The van der Waals surface area contributed by atoms with Gasteiger partial charge in [-0.1, -0.05) is 78.9 Å². The Morgan fingerprint density at radius 3 is 2.34 bits per heavy atom. The Morgan fingerprint density at radius 1 is 0.875 bits per heavy atom. The molecule has 5 rings (SSSR count). The smallest absolute Gasteiger partial charge is 0.410 e. The summed E-state index contributed by atoms with van der Waals surface area (Å²) in [5, 5.41) is 0. The number of ether oxygens (including phenoxy) is 1. The molecule has 0 saturated carbocycles. The van der Waals surface area contributed by atoms with Gasteiger partial charge < -0.3 is 9.64 Å². The third-order valence-corrected chi connectivity index (χ3v) is 6.41. The molecule has 3 aromatic carbocycles. The molecule has 2 amide bonds. The topological polar surface area (TPSA) is 49.9 Å². The van der Waals surface area contributed by atoms with Crippen molar-refractivity contribution in [1.29, 1.82) is 0 Å². The van der Waals surface area contributed by atoms with E-state index in [2.05, 4.69) is 18.2 Å². The maximum atomic E-state index is 13.7. The number of carbonyl (C=O) groups is 2. The van der Waals surface area contributed by atoms with Gasteiger partial charge in [-0.25, -0.2) is 4.79 Å². The Labute approximate surface area is 188 Å². The van der Waals surface area contributed by atoms with Crippen molar-refractivity contribution in [1.82, 2.24) is 4.90 Å². The molecule has 1 unspecified atom stereocenters. The predicted molar refractivity (Wildman–Crippen MR) is 123 cm³/mol. The number of anilines is 1. The predicted octanol–water partition coefficient (Wildman–Crippen LogP) is 4.97. The van der Waals surface area contributed by atoms with Crippen LogP contribution < -0.4 is 4.90 Å². The maximum absolute atomic E-state index is 13.7. The van der Waals surface area contributed by atoms with E-state index in [1.54, 1.807) is 4.90 Å². The molecular formula is C27H26N2O3. The second kappa shape index (κ2) is 8.87. The van der Waals surface area contributed by atoms with E-state index in [9.17, 15) is 9.59 Å². The first kappa shape index (κ1) is 20.3. The van der Waals surface area contributed by atoms with Crippen LogP contribution in [0.3, 0.4) is 0 Å². The summed E-state index contributed by atoms with van der Waals surface area (Å²) in [5.41, 5.74) is 4.22. The Kier molecular flexibility index (Phi) is 5.63. The van der Waals surface area contributed by atoms with Gasteiger partial charge in [0.15, 0.2) is 0 Å². The summed E-state index contributed by atoms with van der Waals surface area (Å²) in [7, 11) is 0. The van der Waals surface area contributed by atoms with Crippen molar-refractivity contribution in [2.75, 3.05) is 18.0 Å². The van der Waals surface area contributed by atoms with Crippen LogP contribution in [-0.4, -0.2) is 36.0 Å². The van der Waals surface area contributed by atoms with Gasteiger partial charge in [0.25, 0.3) is 0 Å². The van der Waals surface area contributed by atoms with Crippen LogP contribution in [0.5, 0.6) is 0 Å². The average molecular weight is 427 g/mol. The Morgan fingerprint density at radius 2 is 1.56 bits per heavy atom. The summed E-state index contributed by atoms with van der Waals surface area (Å²) in [4.78, 5) is 29.9. The maximum Gasteiger partial charge on any atom is 0.410 e. The molecule has 0 aliphatic carbocycles. The lowest BCUT2D eigenvalue weighted by atomic mass is 9.93. The fraction of sp³-hybridized carbons (Fsp3) is 0.259. The molecule has 3 aromatic rings. The summed E-state index contributed by atoms with van der Waals surface area (Å²) in [6, 6.07) is 27.5. The van der Waals surface area contributed by atoms with Crippen LogP contribution in [0, 0.1) is 0 Å². The zero-order valence-corrected chi connectivity index (χ0v) is 17.9. The molecule has 1 saturated heterocycles. The monoisotopic (exact) mass is 426 g/mol. The number of para-hydroxylation sites is 1. The van der Waals surface area contributed by atoms with Crippen LogP contribution in [0.2, 0.25) is 0 Å². The van der Waals surface area contributed by atoms with E-state index < -0.39 is 12.1 Å². The van der Waals surface area contributed by atoms with Crippen LogP contribution in [0.15, 0.2) is 84.9 Å². The first-order valence-electron chi connectivity index (χ1n) is 11.1. The zero-order valence-electron chi connectivity index (χ0n) is 17.9. The highest BCUT2D eigenvalue weighted by Crippen LogP contribution is 2.41. The number of likely N-dealkylation sites (tertiary alicyclic amines) is 1. The summed E-state index contributed by atoms with van der Waals surface area (Å²) in [6.45, 7) is 1.34. The first-order valence-corrected chi connectivity index (χ1v) is 11.1. The highest BCUT2D eigenvalue weighted by Gasteiger charge is 2.41. The highest BCUT2D eigenvalue weighted by atomic mass is 16.6. The number of nitrogens with zero attached hydrogens (tertiary/aromatic N) is 2. The molecule has 0 bridgehead atoms. The Bertz CT molecular complexity index is 1100. The highest BCUT2D eigenvalue weighted by molar-refractivity contribution is 6.01. The van der Waals surface area contributed by atoms with Gasteiger partial charge in [-0.15, -0.1) is 0 Å². The lowest BCUT2D eigenvalue weighted by molar-refractivity contribution is -0.122. The summed E-state index contributed by atoms with van der Waals surface area (Å²) in [5.74, 6) is 0.112. The normalized spacial score (nSPS) is 19.6. The van der Waals surface area contributed by atoms with Crippen LogP contribution in [-0.2, 0) is 16.1 Å². The third kappa shape index (κ3) is 3.86. The van der Waals surface area contributed by atoms with Gasteiger partial charge in [0, 0.05) is 24.7 Å². The van der Waals surface area contributed by atoms with Crippen molar-refractivity contribution in [3.8, 4) is 0 Å². The number of amides is 2. The molecule has 5 heteroatoms. The number of benzene rings is 3. The van der Waals surface area contributed by atoms with E-state index in [-0.39, 0.29) is 18.4 Å². The Hall–Kier alpha value is -3.60. The van der Waals surface area contributed by atoms with Crippen molar-refractivity contribution in [2.45, 2.75) is 31.4 Å². The summed E-state index contributed by atoms with van der Waals surface area (Å²) < 4.78 is 5.53. The van der Waals surface area contributed by atoms with Gasteiger partial charge >= 0.3 is 6.09 Å². The average Bonchev–Trinajstić information content (AvgIpc) is 3.49. The Balaban J connectivity index is 1.33. The van der Waals surface area contributed by atoms with E-state index in [1.165, 1.54) is 5.56 Å². The molecule has 162 valence electrons. The van der Waals surface area contributed by atoms with Gasteiger partial charge in [0.05, 0.1) is 0 Å². The van der Waals surface area contributed by atoms with Gasteiger partial charge in [0.1, 0.15) is 12.6 Å². The summed E-state index contributed by atoms with van der Waals surface area (Å²) >= 11 is 0. The molecule has 1 fully saturated rings. The molecule has 0 N–H and O–H groups in total. The molecule has 5 nitrogen and oxygen atoms in total. The number of hydrogen-bond acceptors (Lipinski definition) is 3. The zero-order chi connectivity index (χ0) is 21.9. The largest absolute Gasteiger partial charge is 0.445 e. The quantitative estimate of drug-likeness (QED) is 0.592. The van der Waals surface area contributed by atoms with E-state index >= 15 is 0 Å². The molecule has 2 aliphatic rings. The van der Waals surface area contributed by atoms with Crippen LogP contribution in [0.1, 0.15) is 35.4 Å². The fourth-order valence-electron chi connectivity index (χ4n) is 4.81. The van der Waals surface area contributed by atoms with Gasteiger partial charge in [-0.05, 0) is 35.6 Å². The number of rotatable bonds is 4. The molecule has 32 heavy (non-hydrogen) atoms. The third-order valence-electron chi connectivity index (χ3n) is 6.41. The molecular weight excluding hydrogens is 400 g/mol. The van der Waals surface area contributed by atoms with Gasteiger partial charge in [-0.3, -0.25) is 9.69 Å². The van der Waals surface area contributed by atoms with Crippen LogP contribution >= 0.6 is 0 Å². The van der Waals surface area contributed by atoms with E-state index in [1.807, 2.05) is 71.6 Å². The number of carbonyl (C=O) groups excluding carboxylic acids is 2. The number of fused-ring (bicyclic) bond motifs is 1. The SMILES string of the molecule is O=C([C@@H]1CCCN1C(=O)OCc1ccccc1)N1CC(c2ccccc2)c2ccccc21. The van der Waals surface area contributed by atoms with Crippen LogP contribution in [0.4, 0.5) is 10.5 Å². The molecule has 2 aliphatic heterocycles. The van der Waals surface area contributed by atoms with E-state index in [4.69, 9.17) is 4.74 Å². The van der Waals surface area contributed by atoms with Gasteiger partial charge in [-0.2, -0.15) is 0 Å². The lowest BCUT2D eigenvalue weighted by Crippen LogP contribution is -2.47. The van der Waals surface area contributed by atoms with Gasteiger partial charge in [0.2, 0.25) is 5.91 Å². The summed E-state index contributed by atoms with van der Waals surface area (Å²) in [6.07, 6.45) is 1.04. The van der Waals surface area contributed by atoms with Crippen molar-refractivity contribution >= 4 is 17.7 Å². The minimum absolute atomic E-state index is 0.0231. The van der Waals surface area contributed by atoms with Crippen molar-refractivity contribution in [3.63, 3.8) is 0 Å². The second-order valence-electron chi connectivity index (χ2n) is 8.36. The van der Waals surface area contributed by atoms with Crippen molar-refractivity contribution < 1.29 is 14.3 Å². The fourth-order valence-corrected chi connectivity index (χ4v) is 4.81. The number of hydrogen-bond donors (Lipinski definition) is 0. The van der Waals surface area contributed by atoms with Crippen molar-refractivity contribution in [3.05, 3.63) is 102 Å². The van der Waals surface area contributed by atoms with E-state index in [0.717, 1.165) is 23.2 Å². The van der Waals surface area contributed by atoms with E-state index in [0.29, 0.717) is 19.5 Å². The van der Waals surface area contributed by atoms with Crippen LogP contribution in [0.25, 0.3) is 0 Å². The minimum atomic E-state index is -0.485. The minimum Gasteiger partial charge on any atom is -0.445 e. The lowest BCUT2D eigenvalue weighted by Gasteiger charge is -2.28. The molecule has 2 atom stereocenters. The second-order valence-corrected chi connectivity index (χ2v) is 8.36. The molecule has 2 heterocycles.